The Morgan fingerprint density at radius 2 is 1.86 bits per heavy atom. The van der Waals surface area contributed by atoms with Crippen LogP contribution in [0.5, 0.6) is 0 Å². The van der Waals surface area contributed by atoms with E-state index in [0.29, 0.717) is 10.0 Å². The van der Waals surface area contributed by atoms with Crippen molar-refractivity contribution >= 4 is 49.9 Å². The van der Waals surface area contributed by atoms with E-state index in [4.69, 9.17) is 23.2 Å². The van der Waals surface area contributed by atoms with Crippen molar-refractivity contribution in [1.29, 1.82) is 0 Å². The van der Waals surface area contributed by atoms with Crippen molar-refractivity contribution in [3.05, 3.63) is 58.1 Å². The molecule has 2 nitrogen and oxygen atoms in total. The maximum absolute atomic E-state index is 6.13. The van der Waals surface area contributed by atoms with E-state index in [0.717, 1.165) is 22.8 Å². The molecule has 1 N–H and O–H groups in total. The summed E-state index contributed by atoms with van der Waals surface area (Å²) >= 11 is 13.8. The van der Waals surface area contributed by atoms with E-state index in [1.165, 1.54) is 4.70 Å². The third kappa shape index (κ3) is 3.22. The summed E-state index contributed by atoms with van der Waals surface area (Å²) in [5.74, 6) is 0. The lowest BCUT2D eigenvalue weighted by Crippen LogP contribution is -2.27. The third-order valence-corrected chi connectivity index (χ3v) is 5.41. The van der Waals surface area contributed by atoms with Crippen molar-refractivity contribution in [2.45, 2.75) is 19.3 Å². The van der Waals surface area contributed by atoms with Gasteiger partial charge in [-0.3, -0.25) is 0 Å². The molecule has 0 saturated carbocycles. The van der Waals surface area contributed by atoms with Crippen LogP contribution in [0.25, 0.3) is 10.2 Å². The normalized spacial score (nSPS) is 11.8. The SMILES string of the molecule is CC(C)(CNc1nc2ccccc2s1)c1ccc(Cl)c(Cl)c1. The molecule has 1 aromatic heterocycles. The first-order valence-electron chi connectivity index (χ1n) is 7.01. The second kappa shape index (κ2) is 6.07. The molecule has 2 aromatic carbocycles. The lowest BCUT2D eigenvalue weighted by atomic mass is 9.85. The number of nitrogens with zero attached hydrogens (tertiary/aromatic N) is 1. The van der Waals surface area contributed by atoms with E-state index in [2.05, 4.69) is 30.2 Å². The predicted molar refractivity (Wildman–Crippen MR) is 97.6 cm³/mol. The van der Waals surface area contributed by atoms with Gasteiger partial charge < -0.3 is 5.32 Å². The van der Waals surface area contributed by atoms with Crippen LogP contribution in [0, 0.1) is 0 Å². The molecule has 114 valence electrons. The van der Waals surface area contributed by atoms with Crippen molar-refractivity contribution in [1.82, 2.24) is 4.98 Å². The molecule has 5 heteroatoms. The zero-order chi connectivity index (χ0) is 15.7. The van der Waals surface area contributed by atoms with Gasteiger partial charge in [0.1, 0.15) is 0 Å². The number of halogens is 2. The number of thiazole rings is 1. The second-order valence-electron chi connectivity index (χ2n) is 5.85. The molecule has 1 heterocycles. The molecule has 0 saturated heterocycles. The Hall–Kier alpha value is -1.29. The standard InChI is InChI=1S/C17H16Cl2N2S/c1-17(2,11-7-8-12(18)13(19)9-11)10-20-16-21-14-5-3-4-6-15(14)22-16/h3-9H,10H2,1-2H3,(H,20,21). The summed E-state index contributed by atoms with van der Waals surface area (Å²) < 4.78 is 1.19. The van der Waals surface area contributed by atoms with Crippen LogP contribution in [-0.4, -0.2) is 11.5 Å². The first-order chi connectivity index (χ1) is 10.5. The van der Waals surface area contributed by atoms with Crippen LogP contribution in [0.2, 0.25) is 10.0 Å². The molecular weight excluding hydrogens is 335 g/mol. The number of nitrogens with one attached hydrogen (secondary N) is 1. The molecule has 0 amide bonds. The minimum absolute atomic E-state index is 0.0773. The van der Waals surface area contributed by atoms with Gasteiger partial charge in [-0.2, -0.15) is 0 Å². The average molecular weight is 351 g/mol. The van der Waals surface area contributed by atoms with Gasteiger partial charge in [0, 0.05) is 12.0 Å². The molecule has 0 unspecified atom stereocenters. The first kappa shape index (κ1) is 15.6. The smallest absolute Gasteiger partial charge is 0.183 e. The number of aromatic nitrogens is 1. The van der Waals surface area contributed by atoms with Crippen molar-refractivity contribution in [2.75, 3.05) is 11.9 Å². The third-order valence-electron chi connectivity index (χ3n) is 3.68. The highest BCUT2D eigenvalue weighted by molar-refractivity contribution is 7.22. The highest BCUT2D eigenvalue weighted by Crippen LogP contribution is 2.31. The van der Waals surface area contributed by atoms with Crippen LogP contribution >= 0.6 is 34.5 Å². The molecule has 0 bridgehead atoms. The van der Waals surface area contributed by atoms with Crippen LogP contribution in [0.15, 0.2) is 42.5 Å². The maximum atomic E-state index is 6.13. The number of anilines is 1. The fraction of sp³-hybridized carbons (Fsp3) is 0.235. The lowest BCUT2D eigenvalue weighted by Gasteiger charge is -2.26. The average Bonchev–Trinajstić information content (AvgIpc) is 2.91. The van der Waals surface area contributed by atoms with E-state index in [1.807, 2.05) is 36.4 Å². The largest absolute Gasteiger partial charge is 0.361 e. The minimum atomic E-state index is -0.0773. The Morgan fingerprint density at radius 3 is 2.59 bits per heavy atom. The summed E-state index contributed by atoms with van der Waals surface area (Å²) in [5.41, 5.74) is 2.10. The van der Waals surface area contributed by atoms with Gasteiger partial charge in [0.25, 0.3) is 0 Å². The number of hydrogen-bond donors (Lipinski definition) is 1. The topological polar surface area (TPSA) is 24.9 Å². The number of fused-ring (bicyclic) bond motifs is 1. The van der Waals surface area contributed by atoms with Gasteiger partial charge >= 0.3 is 0 Å². The van der Waals surface area contributed by atoms with Crippen LogP contribution in [-0.2, 0) is 5.41 Å². The zero-order valence-electron chi connectivity index (χ0n) is 12.4. The molecule has 0 aliphatic carbocycles. The summed E-state index contributed by atoms with van der Waals surface area (Å²) in [4.78, 5) is 4.60. The molecule has 22 heavy (non-hydrogen) atoms. The van der Waals surface area contributed by atoms with E-state index >= 15 is 0 Å². The Balaban J connectivity index is 1.77. The maximum Gasteiger partial charge on any atom is 0.183 e. The number of benzene rings is 2. The Morgan fingerprint density at radius 1 is 1.09 bits per heavy atom. The van der Waals surface area contributed by atoms with Crippen LogP contribution in [0.4, 0.5) is 5.13 Å². The van der Waals surface area contributed by atoms with Gasteiger partial charge in [0.05, 0.1) is 20.3 Å². The molecule has 0 fully saturated rings. The van der Waals surface area contributed by atoms with E-state index in [9.17, 15) is 0 Å². The van der Waals surface area contributed by atoms with Crippen LogP contribution < -0.4 is 5.32 Å². The number of hydrogen-bond acceptors (Lipinski definition) is 3. The van der Waals surface area contributed by atoms with Crippen molar-refractivity contribution in [2.24, 2.45) is 0 Å². The van der Waals surface area contributed by atoms with Gasteiger partial charge in [-0.1, -0.05) is 66.6 Å². The summed E-state index contributed by atoms with van der Waals surface area (Å²) in [7, 11) is 0. The fourth-order valence-electron chi connectivity index (χ4n) is 2.26. The molecular formula is C17H16Cl2N2S. The Kier molecular flexibility index (Phi) is 4.31. The van der Waals surface area contributed by atoms with E-state index in [-0.39, 0.29) is 5.41 Å². The molecule has 0 atom stereocenters. The van der Waals surface area contributed by atoms with Gasteiger partial charge in [-0.15, -0.1) is 0 Å². The van der Waals surface area contributed by atoms with Crippen LogP contribution in [0.3, 0.4) is 0 Å². The summed E-state index contributed by atoms with van der Waals surface area (Å²) in [6, 6.07) is 14.0. The molecule has 0 spiro atoms. The van der Waals surface area contributed by atoms with E-state index in [1.54, 1.807) is 11.3 Å². The molecule has 0 aliphatic rings. The van der Waals surface area contributed by atoms with Crippen LogP contribution in [0.1, 0.15) is 19.4 Å². The highest BCUT2D eigenvalue weighted by atomic mass is 35.5. The highest BCUT2D eigenvalue weighted by Gasteiger charge is 2.22. The van der Waals surface area contributed by atoms with Gasteiger partial charge in [-0.05, 0) is 29.8 Å². The summed E-state index contributed by atoms with van der Waals surface area (Å²) in [6.45, 7) is 5.12. The molecule has 3 aromatic rings. The Bertz CT molecular complexity index is 778. The molecule has 0 radical (unpaired) electrons. The number of rotatable bonds is 4. The van der Waals surface area contributed by atoms with Crippen molar-refractivity contribution in [3.63, 3.8) is 0 Å². The molecule has 3 rings (SSSR count). The predicted octanol–water partition coefficient (Wildman–Crippen LogP) is 5.99. The minimum Gasteiger partial charge on any atom is -0.361 e. The first-order valence-corrected chi connectivity index (χ1v) is 8.58. The molecule has 0 aliphatic heterocycles. The monoisotopic (exact) mass is 350 g/mol. The zero-order valence-corrected chi connectivity index (χ0v) is 14.7. The fourth-order valence-corrected chi connectivity index (χ4v) is 3.42. The van der Waals surface area contributed by atoms with E-state index < -0.39 is 0 Å². The lowest BCUT2D eigenvalue weighted by molar-refractivity contribution is 0.557. The van der Waals surface area contributed by atoms with Gasteiger partial charge in [0.2, 0.25) is 0 Å². The van der Waals surface area contributed by atoms with Gasteiger partial charge in [-0.25, -0.2) is 4.98 Å². The number of para-hydroxylation sites is 1. The summed E-state index contributed by atoms with van der Waals surface area (Å²) in [6.07, 6.45) is 0. The second-order valence-corrected chi connectivity index (χ2v) is 7.70. The van der Waals surface area contributed by atoms with Crippen molar-refractivity contribution in [3.8, 4) is 0 Å². The Labute approximate surface area is 144 Å². The summed E-state index contributed by atoms with van der Waals surface area (Å²) in [5, 5.41) is 5.55. The van der Waals surface area contributed by atoms with Gasteiger partial charge in [0.15, 0.2) is 5.13 Å². The quantitative estimate of drug-likeness (QED) is 0.624. The van der Waals surface area contributed by atoms with Crippen molar-refractivity contribution < 1.29 is 0 Å².